The number of nitrogens with zero attached hydrogens (tertiary/aromatic N) is 2. The Balaban J connectivity index is 1.64. The van der Waals surface area contributed by atoms with Crippen molar-refractivity contribution in [1.82, 2.24) is 9.21 Å². The molecule has 1 aromatic carbocycles. The summed E-state index contributed by atoms with van der Waals surface area (Å²) in [5.74, 6) is 0.858. The van der Waals surface area contributed by atoms with Crippen LogP contribution in [0.1, 0.15) is 18.4 Å². The van der Waals surface area contributed by atoms with Gasteiger partial charge in [-0.25, -0.2) is 8.42 Å². The maximum Gasteiger partial charge on any atom is 0.243 e. The molecule has 1 saturated carbocycles. The summed E-state index contributed by atoms with van der Waals surface area (Å²) in [7, 11) is -3.36. The molecule has 1 saturated heterocycles. The second-order valence-corrected chi connectivity index (χ2v) is 7.93. The van der Waals surface area contributed by atoms with Crippen LogP contribution in [0.25, 0.3) is 0 Å². The molecule has 1 aliphatic carbocycles. The Morgan fingerprint density at radius 3 is 2.19 bits per heavy atom. The summed E-state index contributed by atoms with van der Waals surface area (Å²) in [5, 5.41) is 0. The standard InChI is InChI=1S/C15H23N3O2S/c16-11-13-3-5-15(6-4-13)21(19,20)18-9-7-17(8-10-18)12-14-1-2-14/h3-6,14H,1-2,7-12,16H2. The van der Waals surface area contributed by atoms with Crippen LogP contribution in [-0.4, -0.2) is 50.3 Å². The first kappa shape index (κ1) is 15.0. The molecule has 0 aromatic heterocycles. The van der Waals surface area contributed by atoms with Gasteiger partial charge < -0.3 is 10.6 Å². The Labute approximate surface area is 126 Å². The van der Waals surface area contributed by atoms with Crippen molar-refractivity contribution in [2.45, 2.75) is 24.3 Å². The molecule has 0 radical (unpaired) electrons. The first-order chi connectivity index (χ1) is 10.1. The van der Waals surface area contributed by atoms with Crippen molar-refractivity contribution in [3.05, 3.63) is 29.8 Å². The number of hydrogen-bond donors (Lipinski definition) is 1. The van der Waals surface area contributed by atoms with Crippen LogP contribution in [0.2, 0.25) is 0 Å². The second-order valence-electron chi connectivity index (χ2n) is 6.00. The van der Waals surface area contributed by atoms with E-state index in [4.69, 9.17) is 5.73 Å². The monoisotopic (exact) mass is 309 g/mol. The number of hydrogen-bond acceptors (Lipinski definition) is 4. The lowest BCUT2D eigenvalue weighted by molar-refractivity contribution is 0.182. The van der Waals surface area contributed by atoms with Crippen LogP contribution in [0.4, 0.5) is 0 Å². The summed E-state index contributed by atoms with van der Waals surface area (Å²) in [4.78, 5) is 2.76. The average molecular weight is 309 g/mol. The summed E-state index contributed by atoms with van der Waals surface area (Å²) in [5.41, 5.74) is 6.49. The number of rotatable bonds is 5. The maximum atomic E-state index is 12.6. The van der Waals surface area contributed by atoms with E-state index in [2.05, 4.69) is 4.90 Å². The Hall–Kier alpha value is -0.950. The van der Waals surface area contributed by atoms with Gasteiger partial charge in [-0.2, -0.15) is 4.31 Å². The van der Waals surface area contributed by atoms with Gasteiger partial charge in [-0.05, 0) is 36.5 Å². The lowest BCUT2D eigenvalue weighted by Crippen LogP contribution is -2.49. The van der Waals surface area contributed by atoms with Crippen molar-refractivity contribution in [3.63, 3.8) is 0 Å². The molecule has 5 nitrogen and oxygen atoms in total. The van der Waals surface area contributed by atoms with E-state index < -0.39 is 10.0 Å². The maximum absolute atomic E-state index is 12.6. The van der Waals surface area contributed by atoms with Gasteiger partial charge in [0.1, 0.15) is 0 Å². The Kier molecular flexibility index (Phi) is 4.31. The smallest absolute Gasteiger partial charge is 0.243 e. The zero-order chi connectivity index (χ0) is 14.9. The first-order valence-corrected chi connectivity index (χ1v) is 9.05. The SMILES string of the molecule is NCc1ccc(S(=O)(=O)N2CCN(CC3CC3)CC2)cc1. The largest absolute Gasteiger partial charge is 0.326 e. The van der Waals surface area contributed by atoms with Crippen LogP contribution in [0.3, 0.4) is 0 Å². The molecule has 6 heteroatoms. The molecular formula is C15H23N3O2S. The van der Waals surface area contributed by atoms with Crippen molar-refractivity contribution < 1.29 is 8.42 Å². The Morgan fingerprint density at radius 1 is 1.05 bits per heavy atom. The van der Waals surface area contributed by atoms with Gasteiger partial charge in [-0.3, -0.25) is 0 Å². The van der Waals surface area contributed by atoms with Crippen LogP contribution in [0, 0.1) is 5.92 Å². The van der Waals surface area contributed by atoms with Gasteiger partial charge in [-0.15, -0.1) is 0 Å². The fourth-order valence-electron chi connectivity index (χ4n) is 2.76. The van der Waals surface area contributed by atoms with Crippen LogP contribution >= 0.6 is 0 Å². The van der Waals surface area contributed by atoms with Gasteiger partial charge in [0, 0.05) is 39.3 Å². The molecular weight excluding hydrogens is 286 g/mol. The molecule has 1 aromatic rings. The number of piperazine rings is 1. The van der Waals surface area contributed by atoms with Gasteiger partial charge in [0.2, 0.25) is 10.0 Å². The summed E-state index contributed by atoms with van der Waals surface area (Å²) >= 11 is 0. The van der Waals surface area contributed by atoms with E-state index in [0.717, 1.165) is 31.1 Å². The third-order valence-corrected chi connectivity index (χ3v) is 6.25. The van der Waals surface area contributed by atoms with Crippen LogP contribution in [0.5, 0.6) is 0 Å². The minimum absolute atomic E-state index is 0.371. The number of nitrogens with two attached hydrogens (primary N) is 1. The molecule has 21 heavy (non-hydrogen) atoms. The van der Waals surface area contributed by atoms with Crippen LogP contribution < -0.4 is 5.73 Å². The van der Waals surface area contributed by atoms with E-state index in [1.165, 1.54) is 12.8 Å². The molecule has 0 bridgehead atoms. The van der Waals surface area contributed by atoms with Crippen molar-refractivity contribution in [3.8, 4) is 0 Å². The predicted octanol–water partition coefficient (Wildman–Crippen LogP) is 0.862. The molecule has 0 unspecified atom stereocenters. The lowest BCUT2D eigenvalue weighted by Gasteiger charge is -2.34. The van der Waals surface area contributed by atoms with Crippen molar-refractivity contribution in [2.24, 2.45) is 11.7 Å². The molecule has 2 fully saturated rings. The van der Waals surface area contributed by atoms with Crippen LogP contribution in [0.15, 0.2) is 29.2 Å². The van der Waals surface area contributed by atoms with Gasteiger partial charge >= 0.3 is 0 Å². The molecule has 0 spiro atoms. The van der Waals surface area contributed by atoms with Gasteiger partial charge in [0.15, 0.2) is 0 Å². The summed E-state index contributed by atoms with van der Waals surface area (Å²) < 4.78 is 26.8. The zero-order valence-electron chi connectivity index (χ0n) is 12.2. The van der Waals surface area contributed by atoms with E-state index in [1.807, 2.05) is 0 Å². The first-order valence-electron chi connectivity index (χ1n) is 7.61. The van der Waals surface area contributed by atoms with Gasteiger partial charge in [0.25, 0.3) is 0 Å². The van der Waals surface area contributed by atoms with E-state index >= 15 is 0 Å². The lowest BCUT2D eigenvalue weighted by atomic mass is 10.2. The van der Waals surface area contributed by atoms with E-state index in [0.29, 0.717) is 24.5 Å². The summed E-state index contributed by atoms with van der Waals surface area (Å²) in [6.45, 7) is 4.44. The van der Waals surface area contributed by atoms with E-state index in [-0.39, 0.29) is 0 Å². The van der Waals surface area contributed by atoms with Crippen LogP contribution in [-0.2, 0) is 16.6 Å². The topological polar surface area (TPSA) is 66.6 Å². The minimum atomic E-state index is -3.36. The van der Waals surface area contributed by atoms with Crippen molar-refractivity contribution >= 4 is 10.0 Å². The molecule has 1 heterocycles. The third-order valence-electron chi connectivity index (χ3n) is 4.34. The average Bonchev–Trinajstić information content (AvgIpc) is 3.32. The molecule has 2 N–H and O–H groups in total. The highest BCUT2D eigenvalue weighted by molar-refractivity contribution is 7.89. The van der Waals surface area contributed by atoms with E-state index in [1.54, 1.807) is 28.6 Å². The fraction of sp³-hybridized carbons (Fsp3) is 0.600. The third kappa shape index (κ3) is 3.45. The number of sulfonamides is 1. The van der Waals surface area contributed by atoms with E-state index in [9.17, 15) is 8.42 Å². The molecule has 116 valence electrons. The van der Waals surface area contributed by atoms with Gasteiger partial charge in [-0.1, -0.05) is 12.1 Å². The Morgan fingerprint density at radius 2 is 1.67 bits per heavy atom. The van der Waals surface area contributed by atoms with Gasteiger partial charge in [0.05, 0.1) is 4.90 Å². The summed E-state index contributed by atoms with van der Waals surface area (Å²) in [6, 6.07) is 6.90. The zero-order valence-corrected chi connectivity index (χ0v) is 13.1. The molecule has 3 rings (SSSR count). The normalized spacial score (nSPS) is 21.6. The second kappa shape index (κ2) is 6.04. The fourth-order valence-corrected chi connectivity index (χ4v) is 4.19. The predicted molar refractivity (Wildman–Crippen MR) is 82.3 cm³/mol. The highest BCUT2D eigenvalue weighted by Crippen LogP contribution is 2.30. The Bertz CT molecular complexity index is 573. The highest BCUT2D eigenvalue weighted by Gasteiger charge is 2.31. The quantitative estimate of drug-likeness (QED) is 0.876. The van der Waals surface area contributed by atoms with Crippen molar-refractivity contribution in [2.75, 3.05) is 32.7 Å². The van der Waals surface area contributed by atoms with Crippen molar-refractivity contribution in [1.29, 1.82) is 0 Å². The molecule has 2 aliphatic rings. The highest BCUT2D eigenvalue weighted by atomic mass is 32.2. The number of benzene rings is 1. The minimum Gasteiger partial charge on any atom is -0.326 e. The molecule has 0 atom stereocenters. The molecule has 1 aliphatic heterocycles. The molecule has 0 amide bonds. The summed E-state index contributed by atoms with van der Waals surface area (Å²) in [6.07, 6.45) is 2.68.